The first-order chi connectivity index (χ1) is 14.6. The molecule has 0 aliphatic carbocycles. The topological polar surface area (TPSA) is 3.88 Å². The molecule has 140 valence electrons. The molecule has 28 heavy (non-hydrogen) atoms. The third-order valence-corrected chi connectivity index (χ3v) is 9.44. The van der Waals surface area contributed by atoms with E-state index in [-0.39, 0.29) is 0 Å². The first kappa shape index (κ1) is 15.2. The molecule has 4 rings (SSSR count). The van der Waals surface area contributed by atoms with Gasteiger partial charge in [0, 0.05) is 18.5 Å². The Morgan fingerprint density at radius 1 is 0.893 bits per heavy atom. The van der Waals surface area contributed by atoms with Gasteiger partial charge in [-0.2, -0.15) is 4.57 Å². The standard InChI is InChI=1S/C26H28NSi/c1-19-11-9-10-14-24(19)26-25-16-15-23(18-21(25)17-20(2)27(26)3)28(4,5)22-12-7-6-8-13-22/h6-18H,1-5H3/q+1/i10D,11D,17D. The van der Waals surface area contributed by atoms with Crippen LogP contribution >= 0.6 is 0 Å². The smallest absolute Gasteiger partial charge is 0.198 e. The third-order valence-electron chi connectivity index (χ3n) is 5.90. The second-order valence-electron chi connectivity index (χ2n) is 8.01. The Labute approximate surface area is 173 Å². The van der Waals surface area contributed by atoms with Gasteiger partial charge in [0.25, 0.3) is 0 Å². The zero-order valence-electron chi connectivity index (χ0n) is 20.2. The molecule has 1 aromatic heterocycles. The molecule has 1 heterocycles. The van der Waals surface area contributed by atoms with Crippen LogP contribution in [0.5, 0.6) is 0 Å². The maximum atomic E-state index is 8.85. The van der Waals surface area contributed by atoms with E-state index in [9.17, 15) is 0 Å². The fraction of sp³-hybridized carbons (Fsp3) is 0.192. The molecule has 0 saturated carbocycles. The van der Waals surface area contributed by atoms with Gasteiger partial charge in [-0.25, -0.2) is 0 Å². The zero-order chi connectivity index (χ0) is 22.5. The molecule has 3 aromatic carbocycles. The number of aromatic nitrogens is 1. The van der Waals surface area contributed by atoms with Crippen molar-refractivity contribution in [3.63, 3.8) is 0 Å². The zero-order valence-corrected chi connectivity index (χ0v) is 18.2. The number of rotatable bonds is 3. The van der Waals surface area contributed by atoms with Crippen LogP contribution < -0.4 is 14.9 Å². The molecule has 0 radical (unpaired) electrons. The second-order valence-corrected chi connectivity index (χ2v) is 12.4. The van der Waals surface area contributed by atoms with Gasteiger partial charge in [-0.1, -0.05) is 84.1 Å². The lowest BCUT2D eigenvalue weighted by atomic mass is 9.99. The first-order valence-electron chi connectivity index (χ1n) is 11.2. The largest absolute Gasteiger partial charge is 0.220 e. The van der Waals surface area contributed by atoms with Crippen LogP contribution in [0.4, 0.5) is 0 Å². The molecule has 4 aromatic rings. The summed E-state index contributed by atoms with van der Waals surface area (Å²) in [7, 11) is 0.0684. The lowest BCUT2D eigenvalue weighted by Gasteiger charge is -2.24. The Morgan fingerprint density at radius 2 is 1.64 bits per heavy atom. The quantitative estimate of drug-likeness (QED) is 0.353. The molecule has 0 N–H and O–H groups in total. The predicted molar refractivity (Wildman–Crippen MR) is 123 cm³/mol. The van der Waals surface area contributed by atoms with E-state index < -0.39 is 8.07 Å². The Kier molecular flexibility index (Phi) is 3.83. The third kappa shape index (κ3) is 3.08. The van der Waals surface area contributed by atoms with Crippen molar-refractivity contribution >= 4 is 29.2 Å². The lowest BCUT2D eigenvalue weighted by molar-refractivity contribution is -0.665. The van der Waals surface area contributed by atoms with E-state index in [1.807, 2.05) is 31.5 Å². The molecule has 2 heteroatoms. The number of nitrogens with zero attached hydrogens (tertiary/aromatic N) is 1. The Bertz CT molecular complexity index is 1310. The summed E-state index contributed by atoms with van der Waals surface area (Å²) < 4.78 is 27.3. The predicted octanol–water partition coefficient (Wildman–Crippen LogP) is 4.77. The number of hydrogen-bond acceptors (Lipinski definition) is 0. The van der Waals surface area contributed by atoms with E-state index in [4.69, 9.17) is 4.11 Å². The number of pyridine rings is 1. The monoisotopic (exact) mass is 385 g/mol. The fourth-order valence-electron chi connectivity index (χ4n) is 3.92. The van der Waals surface area contributed by atoms with Crippen LogP contribution in [0.2, 0.25) is 13.1 Å². The summed E-state index contributed by atoms with van der Waals surface area (Å²) in [6, 6.07) is 21.9. The summed E-state index contributed by atoms with van der Waals surface area (Å²) in [5.41, 5.74) is 3.59. The average Bonchev–Trinajstić information content (AvgIpc) is 2.76. The van der Waals surface area contributed by atoms with E-state index >= 15 is 0 Å². The van der Waals surface area contributed by atoms with Gasteiger partial charge in [0.2, 0.25) is 5.69 Å². The highest BCUT2D eigenvalue weighted by atomic mass is 28.3. The van der Waals surface area contributed by atoms with Gasteiger partial charge in [0.05, 0.1) is 9.50 Å². The summed E-state index contributed by atoms with van der Waals surface area (Å²) >= 11 is 0. The molecule has 0 aliphatic heterocycles. The van der Waals surface area contributed by atoms with Crippen LogP contribution in [-0.4, -0.2) is 8.07 Å². The van der Waals surface area contributed by atoms with Gasteiger partial charge in [-0.05, 0) is 30.0 Å². The van der Waals surface area contributed by atoms with Crippen LogP contribution in [0.15, 0.2) is 78.8 Å². The Balaban J connectivity index is 2.03. The molecule has 0 unspecified atom stereocenters. The van der Waals surface area contributed by atoms with E-state index in [1.165, 1.54) is 10.4 Å². The van der Waals surface area contributed by atoms with Crippen molar-refractivity contribution in [2.45, 2.75) is 26.9 Å². The summed E-state index contributed by atoms with van der Waals surface area (Å²) in [4.78, 5) is 0. The summed E-state index contributed by atoms with van der Waals surface area (Å²) in [6.45, 7) is 8.61. The number of hydrogen-bond donors (Lipinski definition) is 0. The van der Waals surface area contributed by atoms with Crippen molar-refractivity contribution in [1.82, 2.24) is 0 Å². The van der Waals surface area contributed by atoms with Crippen LogP contribution in [0, 0.1) is 13.8 Å². The molecule has 0 amide bonds. The number of fused-ring (bicyclic) bond motifs is 1. The van der Waals surface area contributed by atoms with Gasteiger partial charge in [-0.3, -0.25) is 0 Å². The van der Waals surface area contributed by atoms with Crippen LogP contribution in [-0.2, 0) is 7.05 Å². The maximum absolute atomic E-state index is 8.85. The highest BCUT2D eigenvalue weighted by molar-refractivity contribution is 7.00. The van der Waals surface area contributed by atoms with Crippen molar-refractivity contribution in [2.24, 2.45) is 7.05 Å². The van der Waals surface area contributed by atoms with Crippen molar-refractivity contribution < 1.29 is 8.68 Å². The van der Waals surface area contributed by atoms with E-state index in [0.717, 1.165) is 33.3 Å². The highest BCUT2D eigenvalue weighted by Crippen LogP contribution is 2.28. The van der Waals surface area contributed by atoms with E-state index in [1.54, 1.807) is 6.07 Å². The average molecular weight is 386 g/mol. The number of benzene rings is 3. The maximum Gasteiger partial charge on any atom is 0.220 e. The van der Waals surface area contributed by atoms with Crippen LogP contribution in [0.25, 0.3) is 22.0 Å². The highest BCUT2D eigenvalue weighted by Gasteiger charge is 2.27. The fourth-order valence-corrected chi connectivity index (χ4v) is 6.29. The molecule has 0 aliphatic rings. The molecule has 0 bridgehead atoms. The molecule has 0 fully saturated rings. The van der Waals surface area contributed by atoms with Crippen LogP contribution in [0.3, 0.4) is 0 Å². The van der Waals surface area contributed by atoms with Crippen molar-refractivity contribution in [3.05, 3.63) is 90.0 Å². The van der Waals surface area contributed by atoms with Crippen LogP contribution in [0.1, 0.15) is 15.4 Å². The van der Waals surface area contributed by atoms with Crippen molar-refractivity contribution in [2.75, 3.05) is 0 Å². The minimum Gasteiger partial charge on any atom is -0.198 e. The molecule has 0 spiro atoms. The van der Waals surface area contributed by atoms with E-state index in [2.05, 4.69) is 61.6 Å². The summed E-state index contributed by atoms with van der Waals surface area (Å²) in [5, 5.41) is 4.59. The second kappa shape index (κ2) is 7.03. The normalized spacial score (nSPS) is 13.2. The summed E-state index contributed by atoms with van der Waals surface area (Å²) in [6.07, 6.45) is 0. The van der Waals surface area contributed by atoms with E-state index in [0.29, 0.717) is 18.1 Å². The summed E-state index contributed by atoms with van der Waals surface area (Å²) in [5.74, 6) is 0. The minimum atomic E-state index is -1.90. The first-order valence-corrected chi connectivity index (χ1v) is 12.7. The SMILES string of the molecule is [2H]c1cc([2H])c(C)c(-c2c3ccc([Si](C)(C)c4ccccc4)cc3c([2H])c(C)[n+]2C)c1. The van der Waals surface area contributed by atoms with Gasteiger partial charge in [0.1, 0.15) is 15.1 Å². The molecule has 0 saturated heterocycles. The molecular weight excluding hydrogens is 354 g/mol. The van der Waals surface area contributed by atoms with Crippen molar-refractivity contribution in [3.8, 4) is 11.3 Å². The van der Waals surface area contributed by atoms with Gasteiger partial charge in [0.15, 0.2) is 5.69 Å². The molecule has 0 atom stereocenters. The molecule has 1 nitrogen and oxygen atoms in total. The van der Waals surface area contributed by atoms with Gasteiger partial charge < -0.3 is 0 Å². The van der Waals surface area contributed by atoms with Gasteiger partial charge >= 0.3 is 0 Å². The Morgan fingerprint density at radius 3 is 2.39 bits per heavy atom. The minimum absolute atomic E-state index is 0.334. The lowest BCUT2D eigenvalue weighted by Crippen LogP contribution is -2.52. The van der Waals surface area contributed by atoms with Crippen molar-refractivity contribution in [1.29, 1.82) is 0 Å². The molecular formula is C26H28NSi+. The Hall–Kier alpha value is -2.71. The van der Waals surface area contributed by atoms with Gasteiger partial charge in [-0.15, -0.1) is 0 Å².